The first-order valence-corrected chi connectivity index (χ1v) is 10.2. The number of halogens is 4. The summed E-state index contributed by atoms with van der Waals surface area (Å²) in [4.78, 5) is 28.1. The first-order valence-electron chi connectivity index (χ1n) is 9.80. The molecule has 1 aromatic heterocycles. The standard InChI is InChI=1S/C24H15ClF3N3O3/c25-18-9-1-2-10-19(18)31-23(34)30-14-6-3-5-13(11-14)20-15-7-4-8-17(24(26,27)28)21(15)29-12-16(20)22(32)33/h1-12H,(H,32,33)(H2,30,31,34). The molecule has 1 heterocycles. The van der Waals surface area contributed by atoms with Gasteiger partial charge in [-0.3, -0.25) is 4.98 Å². The van der Waals surface area contributed by atoms with Crippen LogP contribution in [0.5, 0.6) is 0 Å². The Morgan fingerprint density at radius 3 is 2.38 bits per heavy atom. The molecule has 0 saturated carbocycles. The van der Waals surface area contributed by atoms with Crippen LogP contribution in [-0.4, -0.2) is 22.1 Å². The van der Waals surface area contributed by atoms with Crippen LogP contribution in [0.3, 0.4) is 0 Å². The van der Waals surface area contributed by atoms with Crippen LogP contribution >= 0.6 is 11.6 Å². The number of para-hydroxylation sites is 2. The minimum Gasteiger partial charge on any atom is -0.478 e. The van der Waals surface area contributed by atoms with Crippen molar-refractivity contribution >= 4 is 45.9 Å². The van der Waals surface area contributed by atoms with Crippen molar-refractivity contribution in [3.63, 3.8) is 0 Å². The fourth-order valence-corrected chi connectivity index (χ4v) is 3.71. The van der Waals surface area contributed by atoms with Gasteiger partial charge in [-0.15, -0.1) is 0 Å². The predicted octanol–water partition coefficient (Wildman–Crippen LogP) is 6.92. The van der Waals surface area contributed by atoms with Crippen molar-refractivity contribution in [2.45, 2.75) is 6.18 Å². The van der Waals surface area contributed by atoms with Crippen molar-refractivity contribution in [1.29, 1.82) is 0 Å². The Balaban J connectivity index is 1.77. The lowest BCUT2D eigenvalue weighted by atomic mass is 9.94. The van der Waals surface area contributed by atoms with Crippen LogP contribution in [0.1, 0.15) is 15.9 Å². The van der Waals surface area contributed by atoms with E-state index in [2.05, 4.69) is 15.6 Å². The average Bonchev–Trinajstić information content (AvgIpc) is 2.78. The van der Waals surface area contributed by atoms with E-state index in [0.717, 1.165) is 12.3 Å². The van der Waals surface area contributed by atoms with Crippen LogP contribution < -0.4 is 10.6 Å². The summed E-state index contributed by atoms with van der Waals surface area (Å²) in [5.41, 5.74) is -0.606. The minimum absolute atomic E-state index is 0.0207. The monoisotopic (exact) mass is 485 g/mol. The SMILES string of the molecule is O=C(Nc1cccc(-c2c(C(=O)O)cnc3c(C(F)(F)F)cccc23)c1)Nc1ccccc1Cl. The molecule has 2 amide bonds. The highest BCUT2D eigenvalue weighted by molar-refractivity contribution is 6.33. The number of urea groups is 1. The third-order valence-corrected chi connectivity index (χ3v) is 5.29. The van der Waals surface area contributed by atoms with Crippen molar-refractivity contribution < 1.29 is 27.9 Å². The maximum Gasteiger partial charge on any atom is 0.418 e. The van der Waals surface area contributed by atoms with Gasteiger partial charge in [0.15, 0.2) is 0 Å². The molecule has 0 aliphatic carbocycles. The van der Waals surface area contributed by atoms with Crippen LogP contribution in [0.2, 0.25) is 5.02 Å². The second-order valence-corrected chi connectivity index (χ2v) is 7.60. The number of pyridine rings is 1. The lowest BCUT2D eigenvalue weighted by molar-refractivity contribution is -0.136. The van der Waals surface area contributed by atoms with Crippen molar-refractivity contribution in [3.8, 4) is 11.1 Å². The molecule has 0 radical (unpaired) electrons. The van der Waals surface area contributed by atoms with E-state index >= 15 is 0 Å². The van der Waals surface area contributed by atoms with Crippen molar-refractivity contribution in [3.05, 3.63) is 89.1 Å². The van der Waals surface area contributed by atoms with Crippen LogP contribution in [0.4, 0.5) is 29.3 Å². The van der Waals surface area contributed by atoms with E-state index in [4.69, 9.17) is 11.6 Å². The summed E-state index contributed by atoms with van der Waals surface area (Å²) in [7, 11) is 0. The molecule has 0 spiro atoms. The number of nitrogens with zero attached hydrogens (tertiary/aromatic N) is 1. The zero-order valence-electron chi connectivity index (χ0n) is 17.2. The number of alkyl halides is 3. The quantitative estimate of drug-likeness (QED) is 0.293. The summed E-state index contributed by atoms with van der Waals surface area (Å²) in [5, 5.41) is 15.2. The highest BCUT2D eigenvalue weighted by atomic mass is 35.5. The summed E-state index contributed by atoms with van der Waals surface area (Å²) >= 11 is 6.04. The van der Waals surface area contributed by atoms with Crippen LogP contribution in [0.15, 0.2) is 72.9 Å². The topological polar surface area (TPSA) is 91.3 Å². The number of rotatable bonds is 4. The molecule has 4 rings (SSSR count). The smallest absolute Gasteiger partial charge is 0.418 e. The van der Waals surface area contributed by atoms with Gasteiger partial charge in [0.05, 0.1) is 27.4 Å². The maximum absolute atomic E-state index is 13.5. The number of hydrogen-bond donors (Lipinski definition) is 3. The molecule has 3 N–H and O–H groups in total. The molecular formula is C24H15ClF3N3O3. The van der Waals surface area contributed by atoms with E-state index in [0.29, 0.717) is 16.3 Å². The molecule has 0 aliphatic heterocycles. The Morgan fingerprint density at radius 2 is 1.68 bits per heavy atom. The number of carboxylic acid groups (broad SMARTS) is 1. The fourth-order valence-electron chi connectivity index (χ4n) is 3.52. The number of benzene rings is 3. The molecule has 0 aliphatic rings. The highest BCUT2D eigenvalue weighted by Gasteiger charge is 2.34. The van der Waals surface area contributed by atoms with Crippen LogP contribution in [-0.2, 0) is 6.18 Å². The van der Waals surface area contributed by atoms with Gasteiger partial charge in [0.2, 0.25) is 0 Å². The molecule has 172 valence electrons. The molecule has 10 heteroatoms. The van der Waals surface area contributed by atoms with E-state index in [1.807, 2.05) is 0 Å². The summed E-state index contributed by atoms with van der Waals surface area (Å²) in [5.74, 6) is -1.35. The molecule has 4 aromatic rings. The van der Waals surface area contributed by atoms with E-state index in [-0.39, 0.29) is 27.7 Å². The molecule has 0 atom stereocenters. The molecular weight excluding hydrogens is 471 g/mol. The Kier molecular flexibility index (Phi) is 6.12. The number of amides is 2. The third kappa shape index (κ3) is 4.65. The largest absolute Gasteiger partial charge is 0.478 e. The molecule has 0 unspecified atom stereocenters. The maximum atomic E-state index is 13.5. The first kappa shape index (κ1) is 23.1. The Morgan fingerprint density at radius 1 is 0.941 bits per heavy atom. The molecule has 0 fully saturated rings. The van der Waals surface area contributed by atoms with E-state index < -0.39 is 23.7 Å². The molecule has 3 aromatic carbocycles. The Labute approximate surface area is 196 Å². The van der Waals surface area contributed by atoms with Crippen molar-refractivity contribution in [2.24, 2.45) is 0 Å². The van der Waals surface area contributed by atoms with E-state index in [9.17, 15) is 27.9 Å². The van der Waals surface area contributed by atoms with E-state index in [1.54, 1.807) is 42.5 Å². The number of carbonyl (C=O) groups is 2. The average molecular weight is 486 g/mol. The Hall–Kier alpha value is -4.11. The summed E-state index contributed by atoms with van der Waals surface area (Å²) < 4.78 is 40.5. The zero-order valence-corrected chi connectivity index (χ0v) is 17.9. The number of aromatic carboxylic acids is 1. The number of fused-ring (bicyclic) bond motifs is 1. The second kappa shape index (κ2) is 9.03. The van der Waals surface area contributed by atoms with Gasteiger partial charge >= 0.3 is 18.2 Å². The van der Waals surface area contributed by atoms with Crippen molar-refractivity contribution in [2.75, 3.05) is 10.6 Å². The van der Waals surface area contributed by atoms with Gasteiger partial charge in [-0.25, -0.2) is 9.59 Å². The molecule has 34 heavy (non-hydrogen) atoms. The van der Waals surface area contributed by atoms with Gasteiger partial charge in [-0.2, -0.15) is 13.2 Å². The van der Waals surface area contributed by atoms with Crippen LogP contribution in [0, 0.1) is 0 Å². The first-order chi connectivity index (χ1) is 16.1. The van der Waals surface area contributed by atoms with Crippen LogP contribution in [0.25, 0.3) is 22.0 Å². The minimum atomic E-state index is -4.67. The number of carbonyl (C=O) groups excluding carboxylic acids is 1. The lowest BCUT2D eigenvalue weighted by Gasteiger charge is -2.15. The van der Waals surface area contributed by atoms with Gasteiger partial charge in [-0.05, 0) is 35.9 Å². The van der Waals surface area contributed by atoms with Gasteiger partial charge in [0.25, 0.3) is 0 Å². The zero-order chi connectivity index (χ0) is 24.5. The van der Waals surface area contributed by atoms with Gasteiger partial charge in [0, 0.05) is 22.8 Å². The lowest BCUT2D eigenvalue weighted by Crippen LogP contribution is -2.19. The molecule has 0 bridgehead atoms. The number of aromatic nitrogens is 1. The predicted molar refractivity (Wildman–Crippen MR) is 123 cm³/mol. The van der Waals surface area contributed by atoms with E-state index in [1.165, 1.54) is 18.2 Å². The Bertz CT molecular complexity index is 1420. The number of nitrogens with one attached hydrogen (secondary N) is 2. The van der Waals surface area contributed by atoms with Gasteiger partial charge in [0.1, 0.15) is 0 Å². The fraction of sp³-hybridized carbons (Fsp3) is 0.0417. The summed E-state index contributed by atoms with van der Waals surface area (Å²) in [6, 6.07) is 15.6. The van der Waals surface area contributed by atoms with Gasteiger partial charge in [-0.1, -0.05) is 48.0 Å². The van der Waals surface area contributed by atoms with Gasteiger partial charge < -0.3 is 15.7 Å². The normalized spacial score (nSPS) is 11.3. The molecule has 0 saturated heterocycles. The third-order valence-electron chi connectivity index (χ3n) is 4.96. The van der Waals surface area contributed by atoms with Crippen molar-refractivity contribution in [1.82, 2.24) is 4.98 Å². The summed E-state index contributed by atoms with van der Waals surface area (Å²) in [6.45, 7) is 0. The number of carboxylic acids is 1. The number of anilines is 2. The molecule has 6 nitrogen and oxygen atoms in total. The number of hydrogen-bond acceptors (Lipinski definition) is 3. The highest BCUT2D eigenvalue weighted by Crippen LogP contribution is 2.39. The second-order valence-electron chi connectivity index (χ2n) is 7.19. The summed E-state index contributed by atoms with van der Waals surface area (Å²) in [6.07, 6.45) is -3.77.